The monoisotopic (exact) mass is 342 g/mol. The number of benzene rings is 1. The molecule has 2 heterocycles. The van der Waals surface area contributed by atoms with Crippen molar-refractivity contribution in [1.29, 1.82) is 0 Å². The number of anilines is 1. The van der Waals surface area contributed by atoms with E-state index in [0.29, 0.717) is 17.0 Å². The molecule has 0 bridgehead atoms. The van der Waals surface area contributed by atoms with E-state index in [4.69, 9.17) is 4.42 Å². The maximum Gasteiger partial charge on any atom is 0.374 e. The van der Waals surface area contributed by atoms with Crippen molar-refractivity contribution in [2.45, 2.75) is 26.4 Å². The minimum atomic E-state index is -0.606. The number of furan rings is 1. The number of carbonyl (C=O) groups is 3. The number of para-hydroxylation sites is 1. The van der Waals surface area contributed by atoms with Crippen LogP contribution in [0.1, 0.15) is 28.8 Å². The second kappa shape index (κ2) is 6.43. The fourth-order valence-corrected chi connectivity index (χ4v) is 2.87. The first-order valence-electron chi connectivity index (χ1n) is 7.81. The third kappa shape index (κ3) is 2.88. The van der Waals surface area contributed by atoms with Gasteiger partial charge in [-0.05, 0) is 32.0 Å². The number of amides is 3. The minimum Gasteiger partial charge on any atom is -0.463 e. The molecule has 1 aromatic heterocycles. The number of esters is 1. The molecule has 7 heteroatoms. The Morgan fingerprint density at radius 1 is 1.24 bits per heavy atom. The van der Waals surface area contributed by atoms with Gasteiger partial charge in [-0.25, -0.2) is 9.59 Å². The SMILES string of the molecule is COC(=O)c1oc(CN2C(=O)C(C)N(c3ccccc3)C2=O)cc1C. The summed E-state index contributed by atoms with van der Waals surface area (Å²) in [6.45, 7) is 3.34. The highest BCUT2D eigenvalue weighted by molar-refractivity contribution is 6.13. The van der Waals surface area contributed by atoms with Crippen LogP contribution in [0.25, 0.3) is 0 Å². The number of imide groups is 1. The minimum absolute atomic E-state index is 0.0385. The standard InChI is InChI=1S/C18H18N2O5/c1-11-9-14(25-15(11)17(22)24-3)10-19-16(21)12(2)20(18(19)23)13-7-5-4-6-8-13/h4-9,12H,10H2,1-3H3. The van der Waals surface area contributed by atoms with Crippen LogP contribution >= 0.6 is 0 Å². The number of urea groups is 1. The number of ether oxygens (including phenoxy) is 1. The summed E-state index contributed by atoms with van der Waals surface area (Å²) in [5.74, 6) is -0.490. The van der Waals surface area contributed by atoms with E-state index in [1.54, 1.807) is 44.2 Å². The van der Waals surface area contributed by atoms with Gasteiger partial charge in [-0.2, -0.15) is 0 Å². The topological polar surface area (TPSA) is 80.1 Å². The molecule has 1 saturated heterocycles. The molecule has 0 aliphatic carbocycles. The average Bonchev–Trinajstić information content (AvgIpc) is 3.08. The first-order valence-corrected chi connectivity index (χ1v) is 7.81. The maximum atomic E-state index is 12.7. The van der Waals surface area contributed by atoms with Crippen molar-refractivity contribution in [1.82, 2.24) is 4.90 Å². The predicted octanol–water partition coefficient (Wildman–Crippen LogP) is 2.73. The number of nitrogens with zero attached hydrogens (tertiary/aromatic N) is 2. The summed E-state index contributed by atoms with van der Waals surface area (Å²) < 4.78 is 10.1. The van der Waals surface area contributed by atoms with Crippen molar-refractivity contribution in [2.75, 3.05) is 12.0 Å². The lowest BCUT2D eigenvalue weighted by Crippen LogP contribution is -2.33. The van der Waals surface area contributed by atoms with E-state index in [9.17, 15) is 14.4 Å². The fourth-order valence-electron chi connectivity index (χ4n) is 2.87. The summed E-state index contributed by atoms with van der Waals surface area (Å²) in [6.07, 6.45) is 0. The molecular weight excluding hydrogens is 324 g/mol. The van der Waals surface area contributed by atoms with Crippen LogP contribution in [-0.2, 0) is 16.1 Å². The van der Waals surface area contributed by atoms with E-state index in [-0.39, 0.29) is 18.2 Å². The molecule has 1 unspecified atom stereocenters. The highest BCUT2D eigenvalue weighted by Crippen LogP contribution is 2.27. The number of carbonyl (C=O) groups excluding carboxylic acids is 3. The smallest absolute Gasteiger partial charge is 0.374 e. The Balaban J connectivity index is 1.85. The van der Waals surface area contributed by atoms with E-state index in [1.807, 2.05) is 6.07 Å². The molecule has 0 saturated carbocycles. The molecule has 0 radical (unpaired) electrons. The molecule has 0 N–H and O–H groups in total. The van der Waals surface area contributed by atoms with Crippen LogP contribution < -0.4 is 4.90 Å². The number of rotatable bonds is 4. The Bertz CT molecular complexity index is 827. The van der Waals surface area contributed by atoms with E-state index >= 15 is 0 Å². The van der Waals surface area contributed by atoms with Crippen molar-refractivity contribution in [3.05, 3.63) is 53.5 Å². The first-order chi connectivity index (χ1) is 11.9. The van der Waals surface area contributed by atoms with Gasteiger partial charge in [-0.1, -0.05) is 18.2 Å². The Morgan fingerprint density at radius 2 is 1.92 bits per heavy atom. The molecule has 25 heavy (non-hydrogen) atoms. The van der Waals surface area contributed by atoms with Crippen LogP contribution in [0, 0.1) is 6.92 Å². The Kier molecular flexibility index (Phi) is 4.31. The molecule has 1 atom stereocenters. The largest absolute Gasteiger partial charge is 0.463 e. The van der Waals surface area contributed by atoms with Gasteiger partial charge in [-0.3, -0.25) is 14.6 Å². The molecule has 0 spiro atoms. The summed E-state index contributed by atoms with van der Waals surface area (Å²) in [4.78, 5) is 39.4. The molecule has 1 aliphatic rings. The van der Waals surface area contributed by atoms with Gasteiger partial charge in [0.2, 0.25) is 5.76 Å². The predicted molar refractivity (Wildman–Crippen MR) is 89.1 cm³/mol. The Hall–Kier alpha value is -3.09. The van der Waals surface area contributed by atoms with Crippen LogP contribution in [0.4, 0.5) is 10.5 Å². The lowest BCUT2D eigenvalue weighted by molar-refractivity contribution is -0.127. The van der Waals surface area contributed by atoms with Gasteiger partial charge in [0.05, 0.1) is 13.7 Å². The number of hydrogen-bond acceptors (Lipinski definition) is 5. The van der Waals surface area contributed by atoms with Crippen LogP contribution in [0.3, 0.4) is 0 Å². The van der Waals surface area contributed by atoms with Crippen molar-refractivity contribution >= 4 is 23.6 Å². The van der Waals surface area contributed by atoms with Crippen molar-refractivity contribution < 1.29 is 23.5 Å². The van der Waals surface area contributed by atoms with E-state index in [0.717, 1.165) is 4.90 Å². The van der Waals surface area contributed by atoms with E-state index in [1.165, 1.54) is 12.0 Å². The average molecular weight is 342 g/mol. The van der Waals surface area contributed by atoms with Crippen LogP contribution in [0.2, 0.25) is 0 Å². The molecule has 1 fully saturated rings. The molecule has 2 aromatic rings. The van der Waals surface area contributed by atoms with Crippen molar-refractivity contribution in [3.8, 4) is 0 Å². The second-order valence-corrected chi connectivity index (χ2v) is 5.80. The van der Waals surface area contributed by atoms with E-state index < -0.39 is 18.0 Å². The first kappa shape index (κ1) is 16.8. The van der Waals surface area contributed by atoms with E-state index in [2.05, 4.69) is 4.74 Å². The molecule has 3 rings (SSSR count). The number of hydrogen-bond donors (Lipinski definition) is 0. The normalized spacial score (nSPS) is 17.3. The Morgan fingerprint density at radius 3 is 2.56 bits per heavy atom. The number of aryl methyl sites for hydroxylation is 1. The van der Waals surface area contributed by atoms with Crippen molar-refractivity contribution in [2.24, 2.45) is 0 Å². The molecule has 7 nitrogen and oxygen atoms in total. The van der Waals surface area contributed by atoms with Crippen molar-refractivity contribution in [3.63, 3.8) is 0 Å². The zero-order chi connectivity index (χ0) is 18.1. The third-order valence-electron chi connectivity index (χ3n) is 4.14. The summed E-state index contributed by atoms with van der Waals surface area (Å²) >= 11 is 0. The molecular formula is C18H18N2O5. The zero-order valence-corrected chi connectivity index (χ0v) is 14.2. The fraction of sp³-hybridized carbons (Fsp3) is 0.278. The molecule has 1 aliphatic heterocycles. The van der Waals surface area contributed by atoms with Gasteiger partial charge in [0.25, 0.3) is 5.91 Å². The van der Waals surface area contributed by atoms with Gasteiger partial charge >= 0.3 is 12.0 Å². The van der Waals surface area contributed by atoms with Crippen LogP contribution in [-0.4, -0.2) is 36.0 Å². The lowest BCUT2D eigenvalue weighted by Gasteiger charge is -2.19. The zero-order valence-electron chi connectivity index (χ0n) is 14.2. The summed E-state index contributed by atoms with van der Waals surface area (Å²) in [6, 6.07) is 9.61. The van der Waals surface area contributed by atoms with Gasteiger partial charge in [-0.15, -0.1) is 0 Å². The van der Waals surface area contributed by atoms with Gasteiger partial charge in [0.15, 0.2) is 0 Å². The molecule has 130 valence electrons. The Labute approximate surface area is 144 Å². The highest BCUT2D eigenvalue weighted by Gasteiger charge is 2.43. The number of methoxy groups -OCH3 is 1. The quantitative estimate of drug-likeness (QED) is 0.630. The summed E-state index contributed by atoms with van der Waals surface area (Å²) in [7, 11) is 1.26. The highest BCUT2D eigenvalue weighted by atomic mass is 16.5. The lowest BCUT2D eigenvalue weighted by atomic mass is 10.2. The molecule has 3 amide bonds. The van der Waals surface area contributed by atoms with Gasteiger partial charge in [0.1, 0.15) is 11.8 Å². The van der Waals surface area contributed by atoms with Gasteiger partial charge < -0.3 is 9.15 Å². The molecule has 1 aromatic carbocycles. The van der Waals surface area contributed by atoms with Gasteiger partial charge in [0, 0.05) is 11.3 Å². The summed E-state index contributed by atoms with van der Waals surface area (Å²) in [5.41, 5.74) is 1.25. The van der Waals surface area contributed by atoms with Crippen LogP contribution in [0.5, 0.6) is 0 Å². The van der Waals surface area contributed by atoms with Crippen LogP contribution in [0.15, 0.2) is 40.8 Å². The maximum absolute atomic E-state index is 12.7. The third-order valence-corrected chi connectivity index (χ3v) is 4.14. The summed E-state index contributed by atoms with van der Waals surface area (Å²) in [5, 5.41) is 0. The second-order valence-electron chi connectivity index (χ2n) is 5.80.